The van der Waals surface area contributed by atoms with E-state index >= 15 is 0 Å². The molecule has 0 bridgehead atoms. The predicted molar refractivity (Wildman–Crippen MR) is 76.7 cm³/mol. The molecule has 5 nitrogen and oxygen atoms in total. The van der Waals surface area contributed by atoms with Gasteiger partial charge in [0.25, 0.3) is 0 Å². The van der Waals surface area contributed by atoms with Crippen molar-refractivity contribution in [3.05, 3.63) is 48.6 Å². The van der Waals surface area contributed by atoms with E-state index in [1.165, 1.54) is 0 Å². The molecular weight excluding hydrogens is 272 g/mol. The van der Waals surface area contributed by atoms with Crippen LogP contribution in [0.2, 0.25) is 0 Å². The Morgan fingerprint density at radius 3 is 2.43 bits per heavy atom. The second-order valence-corrected chi connectivity index (χ2v) is 4.28. The molecule has 1 aromatic carbocycles. The van der Waals surface area contributed by atoms with Gasteiger partial charge in [0.1, 0.15) is 6.10 Å². The molecule has 5 heteroatoms. The second-order valence-electron chi connectivity index (χ2n) is 4.28. The van der Waals surface area contributed by atoms with Crippen molar-refractivity contribution < 1.29 is 23.9 Å². The van der Waals surface area contributed by atoms with Gasteiger partial charge in [-0.15, -0.1) is 0 Å². The number of carbonyl (C=O) groups is 3. The Morgan fingerprint density at radius 1 is 1.19 bits per heavy atom. The first-order chi connectivity index (χ1) is 10.1. The summed E-state index contributed by atoms with van der Waals surface area (Å²) in [5, 5.41) is 0. The van der Waals surface area contributed by atoms with Gasteiger partial charge in [0.2, 0.25) is 0 Å². The fourth-order valence-electron chi connectivity index (χ4n) is 1.66. The van der Waals surface area contributed by atoms with E-state index in [1.54, 1.807) is 37.3 Å². The zero-order valence-corrected chi connectivity index (χ0v) is 11.9. The van der Waals surface area contributed by atoms with Crippen LogP contribution in [0.1, 0.15) is 30.1 Å². The van der Waals surface area contributed by atoms with E-state index in [0.717, 1.165) is 6.08 Å². The molecular formula is C16H18O5. The largest absolute Gasteiger partial charge is 0.466 e. The average Bonchev–Trinajstić information content (AvgIpc) is 2.48. The fourth-order valence-corrected chi connectivity index (χ4v) is 1.66. The molecule has 0 spiro atoms. The van der Waals surface area contributed by atoms with E-state index < -0.39 is 18.0 Å². The van der Waals surface area contributed by atoms with Gasteiger partial charge in [0, 0.05) is 6.42 Å². The number of hydrogen-bond acceptors (Lipinski definition) is 5. The van der Waals surface area contributed by atoms with Crippen molar-refractivity contribution in [2.24, 2.45) is 0 Å². The highest BCUT2D eigenvalue weighted by Crippen LogP contribution is 2.11. The van der Waals surface area contributed by atoms with Gasteiger partial charge in [0.05, 0.1) is 18.6 Å². The number of hydrogen-bond donors (Lipinski definition) is 0. The average molecular weight is 290 g/mol. The highest BCUT2D eigenvalue weighted by Gasteiger charge is 2.22. The summed E-state index contributed by atoms with van der Waals surface area (Å²) in [6.45, 7) is 5.27. The van der Waals surface area contributed by atoms with Crippen LogP contribution in [-0.4, -0.2) is 30.4 Å². The normalized spacial score (nSPS) is 11.3. The fraction of sp³-hybridized carbons (Fsp3) is 0.312. The van der Waals surface area contributed by atoms with Crippen molar-refractivity contribution in [2.45, 2.75) is 25.9 Å². The molecule has 0 heterocycles. The molecule has 0 amide bonds. The molecule has 0 aliphatic rings. The van der Waals surface area contributed by atoms with E-state index in [4.69, 9.17) is 9.47 Å². The van der Waals surface area contributed by atoms with Crippen molar-refractivity contribution in [3.63, 3.8) is 0 Å². The molecule has 0 aromatic heterocycles. The number of esters is 2. The van der Waals surface area contributed by atoms with Gasteiger partial charge >= 0.3 is 11.9 Å². The lowest BCUT2D eigenvalue weighted by molar-refractivity contribution is -0.145. The molecule has 0 fully saturated rings. The van der Waals surface area contributed by atoms with Crippen LogP contribution in [0.5, 0.6) is 0 Å². The smallest absolute Gasteiger partial charge is 0.338 e. The molecule has 0 radical (unpaired) electrons. The van der Waals surface area contributed by atoms with Gasteiger partial charge in [-0.25, -0.2) is 4.79 Å². The molecule has 0 unspecified atom stereocenters. The number of carbonyl (C=O) groups excluding carboxylic acids is 3. The van der Waals surface area contributed by atoms with E-state index in [9.17, 15) is 14.4 Å². The quantitative estimate of drug-likeness (QED) is 0.543. The lowest BCUT2D eigenvalue weighted by Gasteiger charge is -2.16. The van der Waals surface area contributed by atoms with Crippen molar-refractivity contribution in [1.29, 1.82) is 0 Å². The zero-order chi connectivity index (χ0) is 15.7. The monoisotopic (exact) mass is 290 g/mol. The number of benzene rings is 1. The first-order valence-corrected chi connectivity index (χ1v) is 6.63. The lowest BCUT2D eigenvalue weighted by Crippen LogP contribution is -2.25. The van der Waals surface area contributed by atoms with Gasteiger partial charge in [-0.3, -0.25) is 9.59 Å². The summed E-state index contributed by atoms with van der Waals surface area (Å²) in [5.41, 5.74) is 0.359. The third kappa shape index (κ3) is 6.03. The van der Waals surface area contributed by atoms with Gasteiger partial charge in [-0.2, -0.15) is 0 Å². The van der Waals surface area contributed by atoms with Crippen LogP contribution >= 0.6 is 0 Å². The Hall–Kier alpha value is -2.43. The minimum atomic E-state index is -0.859. The molecule has 0 N–H and O–H groups in total. The molecule has 1 rings (SSSR count). The van der Waals surface area contributed by atoms with Gasteiger partial charge in [-0.05, 0) is 25.1 Å². The van der Waals surface area contributed by atoms with E-state index in [-0.39, 0.29) is 25.2 Å². The van der Waals surface area contributed by atoms with Gasteiger partial charge < -0.3 is 9.47 Å². The molecule has 1 aromatic rings. The number of rotatable bonds is 8. The molecule has 0 saturated heterocycles. The Balaban J connectivity index is 2.71. The van der Waals surface area contributed by atoms with E-state index in [2.05, 4.69) is 6.58 Å². The maximum atomic E-state index is 12.0. The van der Waals surface area contributed by atoms with Crippen LogP contribution in [0.4, 0.5) is 0 Å². The Kier molecular flexibility index (Phi) is 6.87. The molecule has 0 aliphatic carbocycles. The summed E-state index contributed by atoms with van der Waals surface area (Å²) in [7, 11) is 0. The Bertz CT molecular complexity index is 507. The summed E-state index contributed by atoms with van der Waals surface area (Å²) in [6, 6.07) is 8.37. The summed E-state index contributed by atoms with van der Waals surface area (Å²) in [6.07, 6.45) is 0.0174. The van der Waals surface area contributed by atoms with Gasteiger partial charge in [0.15, 0.2) is 5.78 Å². The molecule has 0 saturated carbocycles. The summed E-state index contributed by atoms with van der Waals surface area (Å²) in [4.78, 5) is 34.9. The van der Waals surface area contributed by atoms with E-state index in [1.807, 2.05) is 0 Å². The maximum Gasteiger partial charge on any atom is 0.338 e. The topological polar surface area (TPSA) is 69.7 Å². The SMILES string of the molecule is C=CC(=O)C[C@H](CC(=O)OCC)OC(=O)c1ccccc1. The Morgan fingerprint density at radius 2 is 1.86 bits per heavy atom. The van der Waals surface area contributed by atoms with Crippen LogP contribution in [0.15, 0.2) is 43.0 Å². The molecule has 112 valence electrons. The molecule has 1 atom stereocenters. The summed E-state index contributed by atoms with van der Waals surface area (Å²) < 4.78 is 10.0. The second kappa shape index (κ2) is 8.68. The number of ether oxygens (including phenoxy) is 2. The third-order valence-electron chi connectivity index (χ3n) is 2.64. The van der Waals surface area contributed by atoms with Crippen LogP contribution < -0.4 is 0 Å². The number of ketones is 1. The molecule has 0 aliphatic heterocycles. The molecule has 21 heavy (non-hydrogen) atoms. The van der Waals surface area contributed by atoms with Crippen LogP contribution in [0.25, 0.3) is 0 Å². The first kappa shape index (κ1) is 16.6. The maximum absolute atomic E-state index is 12.0. The van der Waals surface area contributed by atoms with Crippen molar-refractivity contribution >= 4 is 17.7 Å². The van der Waals surface area contributed by atoms with Crippen molar-refractivity contribution in [1.82, 2.24) is 0 Å². The van der Waals surface area contributed by atoms with E-state index in [0.29, 0.717) is 5.56 Å². The Labute approximate surface area is 123 Å². The lowest BCUT2D eigenvalue weighted by atomic mass is 10.1. The standard InChI is InChI=1S/C16H18O5/c1-3-13(17)10-14(11-15(18)20-4-2)21-16(19)12-8-6-5-7-9-12/h3,5-9,14H,1,4,10-11H2,2H3/t14-/m1/s1. The minimum absolute atomic E-state index is 0.0963. The first-order valence-electron chi connectivity index (χ1n) is 6.63. The predicted octanol–water partition coefficient (Wildman–Crippen LogP) is 2.31. The minimum Gasteiger partial charge on any atom is -0.466 e. The summed E-state index contributed by atoms with van der Waals surface area (Å²) in [5.74, 6) is -1.40. The van der Waals surface area contributed by atoms with Crippen LogP contribution in [-0.2, 0) is 19.1 Å². The highest BCUT2D eigenvalue weighted by molar-refractivity contribution is 5.92. The van der Waals surface area contributed by atoms with Crippen LogP contribution in [0, 0.1) is 0 Å². The van der Waals surface area contributed by atoms with Gasteiger partial charge in [-0.1, -0.05) is 24.8 Å². The van der Waals surface area contributed by atoms with Crippen molar-refractivity contribution in [2.75, 3.05) is 6.61 Å². The zero-order valence-electron chi connectivity index (χ0n) is 11.9. The number of allylic oxidation sites excluding steroid dienone is 1. The van der Waals surface area contributed by atoms with Crippen molar-refractivity contribution in [3.8, 4) is 0 Å². The summed E-state index contributed by atoms with van der Waals surface area (Å²) >= 11 is 0. The third-order valence-corrected chi connectivity index (χ3v) is 2.64. The van der Waals surface area contributed by atoms with Crippen LogP contribution in [0.3, 0.4) is 0 Å². The highest BCUT2D eigenvalue weighted by atomic mass is 16.6.